The number of hydrogen-bond acceptors (Lipinski definition) is 7. The number of fused-ring (bicyclic) bond motifs is 1. The lowest BCUT2D eigenvalue weighted by molar-refractivity contribution is -0.139. The molecule has 5 amide bonds. The van der Waals surface area contributed by atoms with E-state index in [0.717, 1.165) is 22.0 Å². The highest BCUT2D eigenvalue weighted by Crippen LogP contribution is 2.22. The Balaban J connectivity index is 1.24. The molecule has 5 rings (SSSR count). The van der Waals surface area contributed by atoms with Crippen LogP contribution >= 0.6 is 0 Å². The second-order valence-corrected chi connectivity index (χ2v) is 15.8. The Morgan fingerprint density at radius 2 is 1.33 bits per heavy atom. The molecule has 1 fully saturated rings. The molecule has 13 nitrogen and oxygen atoms in total. The van der Waals surface area contributed by atoms with Crippen molar-refractivity contribution in [3.05, 3.63) is 108 Å². The maximum atomic E-state index is 14.1. The SMILES string of the molecule is CC(C)C[C@@H](NC(=O)[C@@H](Cc1ccccc1)NC(=O)[C@H](N)Cc1ccccc1)C(=O)N[C@H](CCCCN)C(=O)N1CCC(N(C)C(=O)c2cc3ccccc3[nH]2)CC1. The number of nitrogens with one attached hydrogen (secondary N) is 4. The predicted octanol–water partition coefficient (Wildman–Crippen LogP) is 3.67. The van der Waals surface area contributed by atoms with Crippen LogP contribution in [0.4, 0.5) is 0 Å². The van der Waals surface area contributed by atoms with Crippen molar-refractivity contribution in [2.45, 2.75) is 95.4 Å². The quantitative estimate of drug-likeness (QED) is 0.0780. The van der Waals surface area contributed by atoms with Crippen LogP contribution in [-0.2, 0) is 32.0 Å². The maximum Gasteiger partial charge on any atom is 0.270 e. The number of piperidine rings is 1. The first-order valence-electron chi connectivity index (χ1n) is 20.5. The van der Waals surface area contributed by atoms with E-state index >= 15 is 0 Å². The standard InChI is InChI=1S/C45H60N8O5/c1-30(2)26-38(51-43(56)39(28-32-16-8-5-9-17-32)50-41(54)35(47)27-31-14-6-4-7-15-31)42(55)49-37(20-12-13-23-46)45(58)53-24-21-34(22-25-53)52(3)44(57)40-29-33-18-10-11-19-36(33)48-40/h4-11,14-19,29-30,34-35,37-39,48H,12-13,20-28,46-47H2,1-3H3,(H,49,55)(H,50,54)(H,51,56)/t35-,37-,38-,39-/m1/s1. The first-order valence-corrected chi connectivity index (χ1v) is 20.5. The number of carbonyl (C=O) groups is 5. The largest absolute Gasteiger partial charge is 0.351 e. The molecule has 2 heterocycles. The first-order chi connectivity index (χ1) is 27.9. The molecule has 8 N–H and O–H groups in total. The van der Waals surface area contributed by atoms with Gasteiger partial charge < -0.3 is 42.2 Å². The Bertz CT molecular complexity index is 1930. The van der Waals surface area contributed by atoms with Crippen LogP contribution in [0.15, 0.2) is 91.0 Å². The zero-order chi connectivity index (χ0) is 41.6. The number of nitrogens with two attached hydrogens (primary N) is 2. The highest BCUT2D eigenvalue weighted by molar-refractivity contribution is 5.98. The van der Waals surface area contributed by atoms with Gasteiger partial charge in [0.15, 0.2) is 0 Å². The second kappa shape index (κ2) is 21.3. The molecule has 1 aliphatic rings. The van der Waals surface area contributed by atoms with Gasteiger partial charge in [-0.1, -0.05) is 92.7 Å². The fourth-order valence-corrected chi connectivity index (χ4v) is 7.53. The normalized spacial score (nSPS) is 15.3. The lowest BCUT2D eigenvalue weighted by Gasteiger charge is -2.38. The van der Waals surface area contributed by atoms with E-state index in [1.54, 1.807) is 16.8 Å². The number of aromatic nitrogens is 1. The zero-order valence-electron chi connectivity index (χ0n) is 34.0. The number of hydrogen-bond donors (Lipinski definition) is 6. The number of nitrogens with zero attached hydrogens (tertiary/aromatic N) is 2. The molecule has 0 saturated carbocycles. The highest BCUT2D eigenvalue weighted by atomic mass is 16.2. The molecule has 4 atom stereocenters. The summed E-state index contributed by atoms with van der Waals surface area (Å²) in [6, 6.07) is 24.6. The van der Waals surface area contributed by atoms with Gasteiger partial charge in [0.05, 0.1) is 6.04 Å². The van der Waals surface area contributed by atoms with Gasteiger partial charge in [0.2, 0.25) is 23.6 Å². The number of para-hydroxylation sites is 1. The Labute approximate surface area is 341 Å². The molecule has 58 heavy (non-hydrogen) atoms. The summed E-state index contributed by atoms with van der Waals surface area (Å²) >= 11 is 0. The fourth-order valence-electron chi connectivity index (χ4n) is 7.53. The zero-order valence-corrected chi connectivity index (χ0v) is 34.0. The van der Waals surface area contributed by atoms with Crippen molar-refractivity contribution in [2.75, 3.05) is 26.7 Å². The minimum Gasteiger partial charge on any atom is -0.351 e. The summed E-state index contributed by atoms with van der Waals surface area (Å²) in [5.74, 6) is -1.77. The van der Waals surface area contributed by atoms with Crippen LogP contribution in [0.3, 0.4) is 0 Å². The molecule has 13 heteroatoms. The van der Waals surface area contributed by atoms with Gasteiger partial charge in [-0.3, -0.25) is 24.0 Å². The molecule has 3 aromatic carbocycles. The number of unbranched alkanes of at least 4 members (excludes halogenated alkanes) is 1. The molecule has 4 aromatic rings. The van der Waals surface area contributed by atoms with Crippen LogP contribution in [0.1, 0.15) is 74.0 Å². The van der Waals surface area contributed by atoms with Crippen molar-refractivity contribution in [3.8, 4) is 0 Å². The van der Waals surface area contributed by atoms with Crippen LogP contribution < -0.4 is 27.4 Å². The summed E-state index contributed by atoms with van der Waals surface area (Å²) in [6.45, 7) is 5.21. The molecule has 0 spiro atoms. The van der Waals surface area contributed by atoms with E-state index < -0.39 is 41.9 Å². The van der Waals surface area contributed by atoms with Crippen LogP contribution in [0.2, 0.25) is 0 Å². The van der Waals surface area contributed by atoms with E-state index in [1.807, 2.05) is 105 Å². The van der Waals surface area contributed by atoms with Crippen LogP contribution in [-0.4, -0.2) is 101 Å². The minimum absolute atomic E-state index is 0.0204. The average molecular weight is 793 g/mol. The summed E-state index contributed by atoms with van der Waals surface area (Å²) in [6.07, 6.45) is 3.66. The topological polar surface area (TPSA) is 196 Å². The lowest BCUT2D eigenvalue weighted by Crippen LogP contribution is -2.59. The smallest absolute Gasteiger partial charge is 0.270 e. The third-order valence-electron chi connectivity index (χ3n) is 10.9. The van der Waals surface area contributed by atoms with Crippen LogP contribution in [0, 0.1) is 5.92 Å². The Hall–Kier alpha value is -5.53. The van der Waals surface area contributed by atoms with Crippen molar-refractivity contribution in [2.24, 2.45) is 17.4 Å². The van der Waals surface area contributed by atoms with Gasteiger partial charge in [0.25, 0.3) is 5.91 Å². The summed E-state index contributed by atoms with van der Waals surface area (Å²) in [5, 5.41) is 9.71. The fraction of sp³-hybridized carbons (Fsp3) is 0.444. The molecule has 310 valence electrons. The minimum atomic E-state index is -1.01. The molecule has 0 bridgehead atoms. The van der Waals surface area contributed by atoms with Crippen molar-refractivity contribution in [1.82, 2.24) is 30.7 Å². The average Bonchev–Trinajstić information content (AvgIpc) is 3.67. The molecular formula is C45H60N8O5. The van der Waals surface area contributed by atoms with Crippen LogP contribution in [0.25, 0.3) is 10.9 Å². The molecule has 1 aliphatic heterocycles. The van der Waals surface area contributed by atoms with Gasteiger partial charge in [-0.25, -0.2) is 0 Å². The molecule has 0 aliphatic carbocycles. The van der Waals surface area contributed by atoms with Crippen molar-refractivity contribution >= 4 is 40.4 Å². The van der Waals surface area contributed by atoms with E-state index in [1.165, 1.54) is 0 Å². The molecule has 1 aromatic heterocycles. The van der Waals surface area contributed by atoms with E-state index in [2.05, 4.69) is 20.9 Å². The summed E-state index contributed by atoms with van der Waals surface area (Å²) in [5.41, 5.74) is 15.2. The van der Waals surface area contributed by atoms with E-state index in [9.17, 15) is 24.0 Å². The number of H-pyrrole nitrogens is 1. The van der Waals surface area contributed by atoms with Crippen molar-refractivity contribution in [3.63, 3.8) is 0 Å². The number of benzene rings is 3. The number of aromatic amines is 1. The molecule has 0 unspecified atom stereocenters. The van der Waals surface area contributed by atoms with Gasteiger partial charge in [0.1, 0.15) is 23.8 Å². The van der Waals surface area contributed by atoms with Crippen LogP contribution in [0.5, 0.6) is 0 Å². The van der Waals surface area contributed by atoms with Gasteiger partial charge in [-0.05, 0) is 80.7 Å². The third-order valence-corrected chi connectivity index (χ3v) is 10.9. The van der Waals surface area contributed by atoms with Gasteiger partial charge in [0, 0.05) is 43.5 Å². The number of likely N-dealkylation sites (tertiary alicyclic amines) is 1. The van der Waals surface area contributed by atoms with Gasteiger partial charge >= 0.3 is 0 Å². The first kappa shape index (κ1) is 43.6. The van der Waals surface area contributed by atoms with Crippen molar-refractivity contribution < 1.29 is 24.0 Å². The Kier molecular flexibility index (Phi) is 16.0. The summed E-state index contributed by atoms with van der Waals surface area (Å²) in [4.78, 5) is 75.7. The van der Waals surface area contributed by atoms with E-state index in [-0.39, 0.29) is 30.2 Å². The molecular weight excluding hydrogens is 733 g/mol. The number of carbonyl (C=O) groups excluding carboxylic acids is 5. The monoisotopic (exact) mass is 792 g/mol. The summed E-state index contributed by atoms with van der Waals surface area (Å²) in [7, 11) is 1.80. The Morgan fingerprint density at radius 1 is 0.759 bits per heavy atom. The molecule has 1 saturated heterocycles. The molecule has 0 radical (unpaired) electrons. The summed E-state index contributed by atoms with van der Waals surface area (Å²) < 4.78 is 0. The lowest BCUT2D eigenvalue weighted by atomic mass is 9.99. The third kappa shape index (κ3) is 12.2. The van der Waals surface area contributed by atoms with Gasteiger partial charge in [-0.15, -0.1) is 0 Å². The van der Waals surface area contributed by atoms with E-state index in [0.29, 0.717) is 70.3 Å². The number of rotatable bonds is 19. The van der Waals surface area contributed by atoms with Crippen molar-refractivity contribution in [1.29, 1.82) is 0 Å². The van der Waals surface area contributed by atoms with Gasteiger partial charge in [-0.2, -0.15) is 0 Å². The predicted molar refractivity (Wildman–Crippen MR) is 226 cm³/mol. The Morgan fingerprint density at radius 3 is 1.95 bits per heavy atom. The highest BCUT2D eigenvalue weighted by Gasteiger charge is 2.35. The second-order valence-electron chi connectivity index (χ2n) is 15.8. The maximum absolute atomic E-state index is 14.1. The van der Waals surface area contributed by atoms with E-state index in [4.69, 9.17) is 11.5 Å². The number of amides is 5.